The number of para-hydroxylation sites is 1. The van der Waals surface area contributed by atoms with Crippen molar-refractivity contribution in [1.29, 1.82) is 0 Å². The van der Waals surface area contributed by atoms with E-state index >= 15 is 0 Å². The lowest BCUT2D eigenvalue weighted by Crippen LogP contribution is -2.41. The summed E-state index contributed by atoms with van der Waals surface area (Å²) in [4.78, 5) is 11.5. The average Bonchev–Trinajstić information content (AvgIpc) is 2.02. The number of benzene rings is 1. The van der Waals surface area contributed by atoms with Crippen LogP contribution in [0.1, 0.15) is 0 Å². The number of hydrogen-bond donors (Lipinski definition) is 1. The van der Waals surface area contributed by atoms with E-state index in [0.29, 0.717) is 11.0 Å². The minimum absolute atomic E-state index is 0.0451. The molecule has 0 atom stereocenters. The first-order chi connectivity index (χ1) is 6.47. The minimum Gasteiger partial charge on any atom is -0.323 e. The fourth-order valence-corrected chi connectivity index (χ4v) is 1.15. The third kappa shape index (κ3) is 4.05. The number of rotatable bonds is 3. The zero-order chi connectivity index (χ0) is 10.6. The number of carbonyl (C=O) groups excluding carboxylic acids is 1. The van der Waals surface area contributed by atoms with Crippen molar-refractivity contribution in [1.82, 2.24) is 0 Å². The summed E-state index contributed by atoms with van der Waals surface area (Å²) in [6, 6.07) is 9.50. The third-order valence-corrected chi connectivity index (χ3v) is 1.68. The van der Waals surface area contributed by atoms with Gasteiger partial charge in [0.15, 0.2) is 6.54 Å². The van der Waals surface area contributed by atoms with Gasteiger partial charge in [-0.15, -0.1) is 0 Å². The zero-order valence-electron chi connectivity index (χ0n) is 8.95. The second-order valence-electron chi connectivity index (χ2n) is 4.36. The van der Waals surface area contributed by atoms with Crippen molar-refractivity contribution in [2.45, 2.75) is 0 Å². The largest absolute Gasteiger partial charge is 0.323 e. The standard InChI is InChI=1S/C11H16N2O/c1-13(2,3)9-11(14)12-10-7-5-4-6-8-10/h4-8H,9H2,1-3H3/p+1. The molecule has 1 aromatic rings. The van der Waals surface area contributed by atoms with Crippen molar-refractivity contribution >= 4 is 11.6 Å². The summed E-state index contributed by atoms with van der Waals surface area (Å²) in [6.07, 6.45) is 0. The number of likely N-dealkylation sites (N-methyl/N-ethyl adjacent to an activating group) is 1. The van der Waals surface area contributed by atoms with Crippen molar-refractivity contribution in [3.8, 4) is 0 Å². The van der Waals surface area contributed by atoms with Crippen LogP contribution < -0.4 is 5.32 Å². The van der Waals surface area contributed by atoms with Gasteiger partial charge >= 0.3 is 0 Å². The molecular formula is C11H17N2O+. The number of quaternary nitrogens is 1. The maximum Gasteiger partial charge on any atom is 0.279 e. The molecule has 0 aromatic heterocycles. The van der Waals surface area contributed by atoms with Crippen LogP contribution in [-0.4, -0.2) is 38.1 Å². The number of amides is 1. The first kappa shape index (κ1) is 10.7. The van der Waals surface area contributed by atoms with E-state index < -0.39 is 0 Å². The fourth-order valence-electron chi connectivity index (χ4n) is 1.15. The molecule has 0 aliphatic heterocycles. The normalized spacial score (nSPS) is 11.1. The topological polar surface area (TPSA) is 29.1 Å². The molecule has 0 saturated heterocycles. The molecule has 0 spiro atoms. The van der Waals surface area contributed by atoms with E-state index in [9.17, 15) is 4.79 Å². The SMILES string of the molecule is C[N+](C)(C)CC(=O)Nc1ccccc1. The van der Waals surface area contributed by atoms with Crippen molar-refractivity contribution in [3.05, 3.63) is 30.3 Å². The summed E-state index contributed by atoms with van der Waals surface area (Å²) >= 11 is 0. The summed E-state index contributed by atoms with van der Waals surface area (Å²) in [5, 5.41) is 2.84. The van der Waals surface area contributed by atoms with E-state index in [4.69, 9.17) is 0 Å². The molecular weight excluding hydrogens is 176 g/mol. The monoisotopic (exact) mass is 193 g/mol. The second kappa shape index (κ2) is 4.24. The lowest BCUT2D eigenvalue weighted by molar-refractivity contribution is -0.861. The van der Waals surface area contributed by atoms with Crippen LogP contribution in [0.15, 0.2) is 30.3 Å². The van der Waals surface area contributed by atoms with Gasteiger partial charge in [0.1, 0.15) is 0 Å². The van der Waals surface area contributed by atoms with E-state index in [0.717, 1.165) is 5.69 Å². The first-order valence-corrected chi connectivity index (χ1v) is 4.63. The Morgan fingerprint density at radius 3 is 2.29 bits per heavy atom. The third-order valence-electron chi connectivity index (χ3n) is 1.68. The van der Waals surface area contributed by atoms with Gasteiger partial charge in [-0.25, -0.2) is 0 Å². The number of nitrogens with zero attached hydrogens (tertiary/aromatic N) is 1. The summed E-state index contributed by atoms with van der Waals surface area (Å²) in [6.45, 7) is 0.481. The maximum absolute atomic E-state index is 11.5. The van der Waals surface area contributed by atoms with Crippen LogP contribution >= 0.6 is 0 Å². The number of hydrogen-bond acceptors (Lipinski definition) is 1. The molecule has 0 unspecified atom stereocenters. The quantitative estimate of drug-likeness (QED) is 0.721. The maximum atomic E-state index is 11.5. The molecule has 1 rings (SSSR count). The smallest absolute Gasteiger partial charge is 0.279 e. The first-order valence-electron chi connectivity index (χ1n) is 4.63. The van der Waals surface area contributed by atoms with E-state index in [1.54, 1.807) is 0 Å². The highest BCUT2D eigenvalue weighted by Gasteiger charge is 2.13. The van der Waals surface area contributed by atoms with Gasteiger partial charge in [0.2, 0.25) is 0 Å². The molecule has 3 heteroatoms. The van der Waals surface area contributed by atoms with Crippen molar-refractivity contribution in [2.75, 3.05) is 33.0 Å². The Bertz CT molecular complexity index is 301. The molecule has 14 heavy (non-hydrogen) atoms. The summed E-state index contributed by atoms with van der Waals surface area (Å²) < 4.78 is 0.638. The van der Waals surface area contributed by atoms with Crippen LogP contribution in [0.5, 0.6) is 0 Å². The van der Waals surface area contributed by atoms with Crippen LogP contribution in [0.3, 0.4) is 0 Å². The van der Waals surface area contributed by atoms with Crippen LogP contribution in [0.4, 0.5) is 5.69 Å². The highest BCUT2D eigenvalue weighted by Crippen LogP contribution is 2.05. The Balaban J connectivity index is 2.50. The molecule has 0 fully saturated rings. The molecule has 0 saturated carbocycles. The molecule has 3 nitrogen and oxygen atoms in total. The molecule has 76 valence electrons. The van der Waals surface area contributed by atoms with Gasteiger partial charge in [-0.2, -0.15) is 0 Å². The van der Waals surface area contributed by atoms with E-state index in [1.165, 1.54) is 0 Å². The predicted molar refractivity (Wildman–Crippen MR) is 58.0 cm³/mol. The lowest BCUT2D eigenvalue weighted by atomic mass is 10.3. The number of carbonyl (C=O) groups is 1. The summed E-state index contributed by atoms with van der Waals surface area (Å²) in [7, 11) is 5.97. The molecule has 0 aliphatic rings. The Hall–Kier alpha value is -1.35. The lowest BCUT2D eigenvalue weighted by Gasteiger charge is -2.22. The fraction of sp³-hybridized carbons (Fsp3) is 0.364. The highest BCUT2D eigenvalue weighted by atomic mass is 16.2. The number of anilines is 1. The van der Waals surface area contributed by atoms with E-state index in [-0.39, 0.29) is 5.91 Å². The molecule has 0 radical (unpaired) electrons. The molecule has 1 N–H and O–H groups in total. The zero-order valence-corrected chi connectivity index (χ0v) is 8.95. The van der Waals surface area contributed by atoms with Crippen LogP contribution in [-0.2, 0) is 4.79 Å². The molecule has 1 amide bonds. The van der Waals surface area contributed by atoms with Crippen molar-refractivity contribution in [2.24, 2.45) is 0 Å². The van der Waals surface area contributed by atoms with E-state index in [1.807, 2.05) is 51.5 Å². The van der Waals surface area contributed by atoms with Gasteiger partial charge in [-0.1, -0.05) is 18.2 Å². The average molecular weight is 193 g/mol. The second-order valence-corrected chi connectivity index (χ2v) is 4.36. The summed E-state index contributed by atoms with van der Waals surface area (Å²) in [5.41, 5.74) is 0.853. The van der Waals surface area contributed by atoms with Gasteiger partial charge in [0.25, 0.3) is 5.91 Å². The predicted octanol–water partition coefficient (Wildman–Crippen LogP) is 1.33. The van der Waals surface area contributed by atoms with Crippen LogP contribution in [0.25, 0.3) is 0 Å². The molecule has 1 aromatic carbocycles. The van der Waals surface area contributed by atoms with Gasteiger partial charge in [0.05, 0.1) is 21.1 Å². The van der Waals surface area contributed by atoms with Gasteiger partial charge in [0, 0.05) is 5.69 Å². The Morgan fingerprint density at radius 1 is 1.21 bits per heavy atom. The number of nitrogens with one attached hydrogen (secondary N) is 1. The Kier molecular flexibility index (Phi) is 3.25. The summed E-state index contributed by atoms with van der Waals surface area (Å²) in [5.74, 6) is 0.0451. The minimum atomic E-state index is 0.0451. The van der Waals surface area contributed by atoms with Gasteiger partial charge in [-0.3, -0.25) is 4.79 Å². The van der Waals surface area contributed by atoms with Crippen molar-refractivity contribution in [3.63, 3.8) is 0 Å². The van der Waals surface area contributed by atoms with Crippen molar-refractivity contribution < 1.29 is 9.28 Å². The Labute approximate surface area is 84.9 Å². The van der Waals surface area contributed by atoms with Crippen LogP contribution in [0.2, 0.25) is 0 Å². The Morgan fingerprint density at radius 2 is 1.79 bits per heavy atom. The van der Waals surface area contributed by atoms with E-state index in [2.05, 4.69) is 5.32 Å². The highest BCUT2D eigenvalue weighted by molar-refractivity contribution is 5.91. The van der Waals surface area contributed by atoms with Crippen LogP contribution in [0, 0.1) is 0 Å². The molecule has 0 aliphatic carbocycles. The molecule has 0 bridgehead atoms. The van der Waals surface area contributed by atoms with Gasteiger partial charge < -0.3 is 9.80 Å². The molecule has 0 heterocycles. The van der Waals surface area contributed by atoms with Gasteiger partial charge in [-0.05, 0) is 12.1 Å².